The summed E-state index contributed by atoms with van der Waals surface area (Å²) in [5, 5.41) is 0.802. The largest absolute Gasteiger partial charge is 0.509 e. The first-order valence-corrected chi connectivity index (χ1v) is 10.8. The fourth-order valence-electron chi connectivity index (χ4n) is 3.73. The number of hydrogen-bond acceptors (Lipinski definition) is 7. The van der Waals surface area contributed by atoms with Crippen molar-refractivity contribution in [1.29, 1.82) is 0 Å². The van der Waals surface area contributed by atoms with Gasteiger partial charge in [0.15, 0.2) is 0 Å². The first-order chi connectivity index (χ1) is 15.6. The second-order valence-electron chi connectivity index (χ2n) is 9.25. The van der Waals surface area contributed by atoms with Crippen LogP contribution in [0.5, 0.6) is 5.75 Å². The van der Waals surface area contributed by atoms with Gasteiger partial charge in [-0.05, 0) is 43.7 Å². The maximum atomic E-state index is 12.5. The number of ether oxygens (including phenoxy) is 3. The van der Waals surface area contributed by atoms with E-state index in [1.165, 1.54) is 0 Å². The van der Waals surface area contributed by atoms with E-state index in [1.807, 2.05) is 32.0 Å². The number of carbonyl (C=O) groups is 1. The molecule has 2 aromatic heterocycles. The average Bonchev–Trinajstić information content (AvgIpc) is 3.20. The minimum Gasteiger partial charge on any atom is -0.485 e. The fraction of sp³-hybridized carbons (Fsp3) is 0.346. The molecule has 0 N–H and O–H groups in total. The van der Waals surface area contributed by atoms with E-state index in [2.05, 4.69) is 11.6 Å². The monoisotopic (exact) mass is 449 g/mol. The molecule has 33 heavy (non-hydrogen) atoms. The summed E-state index contributed by atoms with van der Waals surface area (Å²) in [6.45, 7) is 11.2. The van der Waals surface area contributed by atoms with Crippen molar-refractivity contribution in [2.45, 2.75) is 57.8 Å². The van der Waals surface area contributed by atoms with Crippen molar-refractivity contribution in [2.24, 2.45) is 0 Å². The molecule has 1 atom stereocenters. The van der Waals surface area contributed by atoms with Crippen LogP contribution in [0, 0.1) is 0 Å². The lowest BCUT2D eigenvalue weighted by molar-refractivity contribution is -0.0694. The van der Waals surface area contributed by atoms with Crippen LogP contribution in [0.3, 0.4) is 0 Å². The van der Waals surface area contributed by atoms with Gasteiger partial charge < -0.3 is 18.6 Å². The number of pyridine rings is 1. The molecule has 1 aliphatic heterocycles. The van der Waals surface area contributed by atoms with Crippen molar-refractivity contribution in [3.63, 3.8) is 0 Å². The van der Waals surface area contributed by atoms with Crippen molar-refractivity contribution >= 4 is 17.1 Å². The number of benzene rings is 1. The minimum atomic E-state index is -0.955. The van der Waals surface area contributed by atoms with Crippen molar-refractivity contribution in [3.05, 3.63) is 82.5 Å². The highest BCUT2D eigenvalue weighted by Gasteiger charge is 2.40. The first-order valence-electron chi connectivity index (χ1n) is 10.8. The molecule has 1 aromatic carbocycles. The van der Waals surface area contributed by atoms with Crippen LogP contribution < -0.4 is 10.4 Å². The van der Waals surface area contributed by atoms with Crippen LogP contribution in [0.25, 0.3) is 11.0 Å². The van der Waals surface area contributed by atoms with E-state index in [0.29, 0.717) is 29.0 Å². The van der Waals surface area contributed by atoms with E-state index >= 15 is 0 Å². The third-order valence-corrected chi connectivity index (χ3v) is 5.98. The highest BCUT2D eigenvalue weighted by molar-refractivity contribution is 5.80. The summed E-state index contributed by atoms with van der Waals surface area (Å²) in [5.74, 6) is 0.602. The Kier molecular flexibility index (Phi) is 5.74. The molecule has 0 amide bonds. The van der Waals surface area contributed by atoms with Crippen LogP contribution in [-0.2, 0) is 27.9 Å². The molecule has 1 aliphatic rings. The summed E-state index contributed by atoms with van der Waals surface area (Å²) < 4.78 is 22.4. The van der Waals surface area contributed by atoms with E-state index < -0.39 is 28.9 Å². The van der Waals surface area contributed by atoms with E-state index in [-0.39, 0.29) is 6.61 Å². The number of allylic oxidation sites excluding steroid dienone is 1. The molecule has 0 spiro atoms. The molecule has 7 nitrogen and oxygen atoms in total. The van der Waals surface area contributed by atoms with Crippen LogP contribution in [0.4, 0.5) is 4.79 Å². The summed E-state index contributed by atoms with van der Waals surface area (Å²) in [6.07, 6.45) is 2.67. The van der Waals surface area contributed by atoms with Crippen molar-refractivity contribution in [3.8, 4) is 5.75 Å². The Bertz CT molecular complexity index is 1260. The molecule has 3 aromatic rings. The summed E-state index contributed by atoms with van der Waals surface area (Å²) in [4.78, 5) is 28.9. The van der Waals surface area contributed by atoms with Gasteiger partial charge in [0.1, 0.15) is 29.6 Å². The van der Waals surface area contributed by atoms with Crippen LogP contribution in [0.2, 0.25) is 0 Å². The Morgan fingerprint density at radius 2 is 2.03 bits per heavy atom. The predicted octanol–water partition coefficient (Wildman–Crippen LogP) is 5.09. The molecule has 172 valence electrons. The van der Waals surface area contributed by atoms with Gasteiger partial charge in [-0.2, -0.15) is 0 Å². The number of aromatic nitrogens is 1. The number of hydrogen-bond donors (Lipinski definition) is 0. The quantitative estimate of drug-likeness (QED) is 0.294. The molecule has 4 rings (SSSR count). The molecule has 0 unspecified atom stereocenters. The van der Waals surface area contributed by atoms with Crippen molar-refractivity contribution < 1.29 is 23.4 Å². The SMILES string of the molecule is C=CC(C)(C)c1cc2cc3c(cc2oc1=O)O[C@@H](C(C)(C)OC(=O)OCc1ccccn1)C3. The van der Waals surface area contributed by atoms with Crippen LogP contribution in [0.15, 0.2) is 64.5 Å². The van der Waals surface area contributed by atoms with E-state index in [9.17, 15) is 9.59 Å². The van der Waals surface area contributed by atoms with E-state index in [0.717, 1.165) is 10.9 Å². The zero-order chi connectivity index (χ0) is 23.8. The summed E-state index contributed by atoms with van der Waals surface area (Å²) in [6, 6.07) is 10.9. The van der Waals surface area contributed by atoms with Gasteiger partial charge in [-0.3, -0.25) is 4.98 Å². The minimum absolute atomic E-state index is 0.0231. The molecule has 0 bridgehead atoms. The van der Waals surface area contributed by atoms with E-state index in [4.69, 9.17) is 18.6 Å². The molecule has 7 heteroatoms. The van der Waals surface area contributed by atoms with Gasteiger partial charge in [0.25, 0.3) is 0 Å². The van der Waals surface area contributed by atoms with Gasteiger partial charge in [-0.25, -0.2) is 9.59 Å². The Morgan fingerprint density at radius 3 is 2.73 bits per heavy atom. The second-order valence-corrected chi connectivity index (χ2v) is 9.25. The van der Waals surface area contributed by atoms with Gasteiger partial charge >= 0.3 is 11.8 Å². The van der Waals surface area contributed by atoms with Gasteiger partial charge in [0.2, 0.25) is 0 Å². The standard InChI is InChI=1S/C26H27NO6/c1-6-25(2,3)19-12-16-11-17-13-22(31-20(17)14-21(16)32-23(19)28)26(4,5)33-24(29)30-15-18-9-7-8-10-27-18/h6-12,14,22H,1,13,15H2,2-5H3/t22-/m1/s1. The number of rotatable bonds is 6. The highest BCUT2D eigenvalue weighted by atomic mass is 16.7. The number of fused-ring (bicyclic) bond motifs is 2. The Morgan fingerprint density at radius 1 is 1.24 bits per heavy atom. The van der Waals surface area contributed by atoms with Gasteiger partial charge in [0.05, 0.1) is 5.69 Å². The third-order valence-electron chi connectivity index (χ3n) is 5.98. The van der Waals surface area contributed by atoms with Crippen molar-refractivity contribution in [2.75, 3.05) is 0 Å². The lowest BCUT2D eigenvalue weighted by Gasteiger charge is -2.30. The Balaban J connectivity index is 1.50. The van der Waals surface area contributed by atoms with Gasteiger partial charge in [-0.1, -0.05) is 26.0 Å². The lowest BCUT2D eigenvalue weighted by Crippen LogP contribution is -2.43. The maximum absolute atomic E-state index is 12.5. The molecule has 0 fully saturated rings. The number of nitrogens with zero attached hydrogens (tertiary/aromatic N) is 1. The molecular formula is C26H27NO6. The van der Waals surface area contributed by atoms with Crippen LogP contribution in [-0.4, -0.2) is 22.8 Å². The molecule has 0 saturated heterocycles. The summed E-state index contributed by atoms with van der Waals surface area (Å²) in [7, 11) is 0. The van der Waals surface area contributed by atoms with Crippen LogP contribution in [0.1, 0.15) is 44.5 Å². The number of carbonyl (C=O) groups excluding carboxylic acids is 1. The van der Waals surface area contributed by atoms with Crippen LogP contribution >= 0.6 is 0 Å². The molecule has 0 radical (unpaired) electrons. The Labute approximate surface area is 192 Å². The average molecular weight is 450 g/mol. The summed E-state index contributed by atoms with van der Waals surface area (Å²) >= 11 is 0. The second kappa shape index (κ2) is 8.39. The molecular weight excluding hydrogens is 422 g/mol. The van der Waals surface area contributed by atoms with Gasteiger partial charge in [0, 0.05) is 35.0 Å². The molecule has 0 saturated carbocycles. The predicted molar refractivity (Wildman–Crippen MR) is 123 cm³/mol. The zero-order valence-electron chi connectivity index (χ0n) is 19.2. The highest BCUT2D eigenvalue weighted by Crippen LogP contribution is 2.38. The third kappa shape index (κ3) is 4.62. The molecule has 3 heterocycles. The Hall–Kier alpha value is -3.61. The molecule has 0 aliphatic carbocycles. The normalized spacial score (nSPS) is 15.6. The lowest BCUT2D eigenvalue weighted by atomic mass is 9.85. The first kappa shape index (κ1) is 22.6. The maximum Gasteiger partial charge on any atom is 0.509 e. The van der Waals surface area contributed by atoms with Gasteiger partial charge in [-0.15, -0.1) is 6.58 Å². The zero-order valence-corrected chi connectivity index (χ0v) is 19.2. The topological polar surface area (TPSA) is 87.9 Å². The van der Waals surface area contributed by atoms with Crippen molar-refractivity contribution in [1.82, 2.24) is 4.98 Å². The smallest absolute Gasteiger partial charge is 0.485 e. The fourth-order valence-corrected chi connectivity index (χ4v) is 3.73. The van der Waals surface area contributed by atoms with E-state index in [1.54, 1.807) is 44.3 Å². The summed E-state index contributed by atoms with van der Waals surface area (Å²) in [5.41, 5.74) is 0.685.